The standard InChI is InChI=1S/C44H48ClN3O5/c1-4-37-40(36(47-48(37)3)28-51-29-44(22-23-44)24-26-50-27-30-13-7-6-8-14-30)39-35(45)21-20-34-33(42(46-41(34)39)43(49)52-5-2)18-12-25-53-38-19-11-16-31-15-9-10-17-32(31)38/h6-11,13-17,19-21,46H,4-5,12,18,22-29H2,1-3H3. The second-order valence-corrected chi connectivity index (χ2v) is 14.4. The fourth-order valence-corrected chi connectivity index (χ4v) is 7.66. The summed E-state index contributed by atoms with van der Waals surface area (Å²) in [6.07, 6.45) is 5.30. The van der Waals surface area contributed by atoms with E-state index < -0.39 is 0 Å². The Kier molecular flexibility index (Phi) is 11.5. The number of carbonyl (C=O) groups excluding carboxylic acids is 1. The van der Waals surface area contributed by atoms with Crippen molar-refractivity contribution in [2.24, 2.45) is 12.5 Å². The van der Waals surface area contributed by atoms with Gasteiger partial charge in [-0.1, -0.05) is 91.3 Å². The largest absolute Gasteiger partial charge is 0.493 e. The molecule has 8 nitrogen and oxygen atoms in total. The third-order valence-corrected chi connectivity index (χ3v) is 10.7. The molecule has 9 heteroatoms. The lowest BCUT2D eigenvalue weighted by Crippen LogP contribution is -2.14. The predicted octanol–water partition coefficient (Wildman–Crippen LogP) is 10.0. The molecule has 1 aliphatic carbocycles. The number of fused-ring (bicyclic) bond motifs is 2. The van der Waals surface area contributed by atoms with Gasteiger partial charge in [-0.3, -0.25) is 4.68 Å². The molecule has 276 valence electrons. The monoisotopic (exact) mass is 733 g/mol. The molecule has 0 saturated heterocycles. The van der Waals surface area contributed by atoms with E-state index in [1.165, 1.54) is 5.56 Å². The molecule has 1 N–H and O–H groups in total. The Bertz CT molecular complexity index is 2180. The number of halogens is 1. The van der Waals surface area contributed by atoms with E-state index in [0.29, 0.717) is 56.6 Å². The summed E-state index contributed by atoms with van der Waals surface area (Å²) in [7, 11) is 1.96. The molecule has 1 fully saturated rings. The van der Waals surface area contributed by atoms with Crippen LogP contribution in [0.3, 0.4) is 0 Å². The molecular weight excluding hydrogens is 686 g/mol. The molecule has 0 atom stereocenters. The van der Waals surface area contributed by atoms with Crippen molar-refractivity contribution < 1.29 is 23.7 Å². The average molecular weight is 734 g/mol. The molecule has 53 heavy (non-hydrogen) atoms. The van der Waals surface area contributed by atoms with Crippen LogP contribution in [0.5, 0.6) is 5.75 Å². The SMILES string of the molecule is CCOC(=O)c1[nH]c2c(-c3c(COCC4(CCOCc5ccccc5)CC4)nn(C)c3CC)c(Cl)ccc2c1CCCOc1cccc2ccccc12. The molecule has 0 aliphatic heterocycles. The topological polar surface area (TPSA) is 87.6 Å². The molecule has 0 bridgehead atoms. The maximum atomic E-state index is 13.4. The fourth-order valence-electron chi connectivity index (χ4n) is 7.40. The summed E-state index contributed by atoms with van der Waals surface area (Å²) < 4.78 is 26.2. The van der Waals surface area contributed by atoms with E-state index in [9.17, 15) is 4.79 Å². The summed E-state index contributed by atoms with van der Waals surface area (Å²) in [6.45, 7) is 7.04. The van der Waals surface area contributed by atoms with Gasteiger partial charge in [-0.2, -0.15) is 5.10 Å². The third-order valence-electron chi connectivity index (χ3n) is 10.4. The van der Waals surface area contributed by atoms with Crippen LogP contribution in [-0.4, -0.2) is 47.2 Å². The number of hydrogen-bond acceptors (Lipinski definition) is 6. The number of ether oxygens (including phenoxy) is 4. The lowest BCUT2D eigenvalue weighted by Gasteiger charge is -2.16. The van der Waals surface area contributed by atoms with Gasteiger partial charge in [0, 0.05) is 41.2 Å². The Labute approximate surface area is 316 Å². The van der Waals surface area contributed by atoms with Crippen molar-refractivity contribution in [2.45, 2.75) is 65.6 Å². The lowest BCUT2D eigenvalue weighted by molar-refractivity contribution is 0.0480. The molecule has 7 rings (SSSR count). The van der Waals surface area contributed by atoms with Gasteiger partial charge in [-0.25, -0.2) is 4.79 Å². The molecule has 6 aromatic rings. The van der Waals surface area contributed by atoms with Crippen LogP contribution in [0.25, 0.3) is 32.8 Å². The van der Waals surface area contributed by atoms with Gasteiger partial charge in [-0.05, 0) is 79.5 Å². The summed E-state index contributed by atoms with van der Waals surface area (Å²) in [5, 5.41) is 8.68. The molecule has 2 heterocycles. The first-order valence-corrected chi connectivity index (χ1v) is 19.1. The zero-order valence-electron chi connectivity index (χ0n) is 30.9. The smallest absolute Gasteiger partial charge is 0.355 e. The number of aromatic nitrogens is 3. The molecule has 1 saturated carbocycles. The van der Waals surface area contributed by atoms with Gasteiger partial charge in [0.15, 0.2) is 0 Å². The van der Waals surface area contributed by atoms with Crippen molar-refractivity contribution >= 4 is 39.2 Å². The van der Waals surface area contributed by atoms with Crippen molar-refractivity contribution in [1.82, 2.24) is 14.8 Å². The van der Waals surface area contributed by atoms with Crippen LogP contribution < -0.4 is 4.74 Å². The molecule has 0 spiro atoms. The molecule has 1 aliphatic rings. The van der Waals surface area contributed by atoms with E-state index in [-0.39, 0.29) is 18.0 Å². The quantitative estimate of drug-likeness (QED) is 0.0699. The highest BCUT2D eigenvalue weighted by Gasteiger charge is 2.42. The van der Waals surface area contributed by atoms with Gasteiger partial charge in [0.1, 0.15) is 11.4 Å². The predicted molar refractivity (Wildman–Crippen MR) is 211 cm³/mol. The highest BCUT2D eigenvalue weighted by molar-refractivity contribution is 6.35. The Morgan fingerprint density at radius 3 is 2.47 bits per heavy atom. The van der Waals surface area contributed by atoms with Gasteiger partial charge in [0.2, 0.25) is 0 Å². The van der Waals surface area contributed by atoms with Gasteiger partial charge in [0.05, 0.1) is 49.3 Å². The molecule has 0 unspecified atom stereocenters. The van der Waals surface area contributed by atoms with E-state index in [1.807, 2.05) is 73.3 Å². The third kappa shape index (κ3) is 8.15. The van der Waals surface area contributed by atoms with Gasteiger partial charge in [-0.15, -0.1) is 0 Å². The second-order valence-electron chi connectivity index (χ2n) is 14.0. The summed E-state index contributed by atoms with van der Waals surface area (Å²) in [6, 6.07) is 28.5. The Morgan fingerprint density at radius 2 is 1.68 bits per heavy atom. The zero-order chi connectivity index (χ0) is 36.8. The van der Waals surface area contributed by atoms with Crippen molar-refractivity contribution in [3.8, 4) is 16.9 Å². The van der Waals surface area contributed by atoms with E-state index in [4.69, 9.17) is 35.6 Å². The minimum absolute atomic E-state index is 0.150. The van der Waals surface area contributed by atoms with E-state index in [2.05, 4.69) is 42.2 Å². The van der Waals surface area contributed by atoms with Gasteiger partial charge < -0.3 is 23.9 Å². The van der Waals surface area contributed by atoms with Crippen LogP contribution in [0.15, 0.2) is 84.9 Å². The highest BCUT2D eigenvalue weighted by atomic mass is 35.5. The number of aromatic amines is 1. The first-order valence-electron chi connectivity index (χ1n) is 18.8. The number of aryl methyl sites for hydroxylation is 2. The van der Waals surface area contributed by atoms with E-state index >= 15 is 0 Å². The molecule has 0 radical (unpaired) electrons. The number of hydrogen-bond donors (Lipinski definition) is 1. The minimum atomic E-state index is -0.385. The van der Waals surface area contributed by atoms with Crippen LogP contribution in [0.1, 0.15) is 72.5 Å². The zero-order valence-corrected chi connectivity index (χ0v) is 31.6. The number of nitrogens with one attached hydrogen (secondary N) is 1. The minimum Gasteiger partial charge on any atom is -0.493 e. The number of H-pyrrole nitrogens is 1. The van der Waals surface area contributed by atoms with Crippen molar-refractivity contribution in [1.29, 1.82) is 0 Å². The van der Waals surface area contributed by atoms with Gasteiger partial charge >= 0.3 is 5.97 Å². The molecule has 0 amide bonds. The Hall–Kier alpha value is -4.63. The number of benzene rings is 4. The van der Waals surface area contributed by atoms with Crippen LogP contribution >= 0.6 is 11.6 Å². The maximum absolute atomic E-state index is 13.4. The Balaban J connectivity index is 1.10. The number of nitrogens with zero attached hydrogens (tertiary/aromatic N) is 2. The van der Waals surface area contributed by atoms with Crippen molar-refractivity contribution in [2.75, 3.05) is 26.4 Å². The van der Waals surface area contributed by atoms with Crippen LogP contribution in [0.4, 0.5) is 0 Å². The molecular formula is C44H48ClN3O5. The van der Waals surface area contributed by atoms with E-state index in [1.54, 1.807) is 0 Å². The first kappa shape index (κ1) is 36.7. The van der Waals surface area contributed by atoms with Crippen LogP contribution in [0.2, 0.25) is 5.02 Å². The summed E-state index contributed by atoms with van der Waals surface area (Å²) in [4.78, 5) is 16.9. The lowest BCUT2D eigenvalue weighted by atomic mass is 9.97. The van der Waals surface area contributed by atoms with Crippen LogP contribution in [0, 0.1) is 5.41 Å². The summed E-state index contributed by atoms with van der Waals surface area (Å²) in [5.74, 6) is 0.466. The summed E-state index contributed by atoms with van der Waals surface area (Å²) >= 11 is 7.08. The maximum Gasteiger partial charge on any atom is 0.355 e. The highest BCUT2D eigenvalue weighted by Crippen LogP contribution is 2.49. The molecule has 4 aromatic carbocycles. The van der Waals surface area contributed by atoms with Crippen LogP contribution in [-0.2, 0) is 47.3 Å². The second kappa shape index (κ2) is 16.6. The molecule has 2 aromatic heterocycles. The fraction of sp³-hybridized carbons (Fsp3) is 0.364. The normalized spacial score (nSPS) is 13.5. The summed E-state index contributed by atoms with van der Waals surface area (Å²) in [5.41, 5.74) is 7.11. The average Bonchev–Trinajstić information content (AvgIpc) is 3.74. The van der Waals surface area contributed by atoms with Crippen molar-refractivity contribution in [3.05, 3.63) is 118 Å². The number of carbonyl (C=O) groups is 1. The van der Waals surface area contributed by atoms with E-state index in [0.717, 1.165) is 81.2 Å². The first-order chi connectivity index (χ1) is 25.9. The van der Waals surface area contributed by atoms with Crippen molar-refractivity contribution in [3.63, 3.8) is 0 Å². The van der Waals surface area contributed by atoms with Gasteiger partial charge in [0.25, 0.3) is 0 Å². The number of esters is 1. The Morgan fingerprint density at radius 1 is 0.887 bits per heavy atom. The number of rotatable bonds is 18.